The van der Waals surface area contributed by atoms with Crippen LogP contribution in [0.5, 0.6) is 0 Å². The van der Waals surface area contributed by atoms with E-state index in [1.165, 1.54) is 35.5 Å². The average Bonchev–Trinajstić information content (AvgIpc) is 1.59. The number of thiophene rings is 2. The molecule has 10 aromatic rings. The van der Waals surface area contributed by atoms with Crippen molar-refractivity contribution in [3.8, 4) is 0 Å². The number of carbonyl (C=O) groups excluding carboxylic acids is 2. The first-order valence-corrected chi connectivity index (χ1v) is 59.4. The van der Waals surface area contributed by atoms with E-state index >= 15 is 0 Å². The summed E-state index contributed by atoms with van der Waals surface area (Å²) >= 11 is 20.7. The number of carbonyl (C=O) groups is 2. The number of rotatable bonds is 8. The van der Waals surface area contributed by atoms with E-state index < -0.39 is 21.7 Å². The molecule has 4 N–H and O–H groups in total. The van der Waals surface area contributed by atoms with Crippen molar-refractivity contribution >= 4 is 367 Å². The second kappa shape index (κ2) is 40.4. The van der Waals surface area contributed by atoms with E-state index in [-0.39, 0.29) is 136 Å². The Balaban J connectivity index is 0.000000187. The molecule has 2 aromatic heterocycles. The summed E-state index contributed by atoms with van der Waals surface area (Å²) < 4.78 is 0.533. The molecule has 0 atom stereocenters. The quantitative estimate of drug-likeness (QED) is 0.181. The summed E-state index contributed by atoms with van der Waals surface area (Å²) in [7, 11) is 38.0. The molecule has 0 aliphatic carbocycles. The molecule has 0 saturated carbocycles. The van der Waals surface area contributed by atoms with Crippen molar-refractivity contribution in [3.05, 3.63) is 178 Å². The van der Waals surface area contributed by atoms with Gasteiger partial charge in [0.05, 0.1) is 47.0 Å². The van der Waals surface area contributed by atoms with Gasteiger partial charge in [-0.1, -0.05) is 60.7 Å². The second-order valence-corrected chi connectivity index (χ2v) is 59.6. The van der Waals surface area contributed by atoms with E-state index in [1.54, 1.807) is 254 Å². The van der Waals surface area contributed by atoms with E-state index in [2.05, 4.69) is 10.6 Å². The molecule has 0 spiro atoms. The number of benzene rings is 8. The third-order valence-corrected chi connectivity index (χ3v) is 61.1. The van der Waals surface area contributed by atoms with Gasteiger partial charge in [0, 0.05) is 311 Å². The van der Waals surface area contributed by atoms with Crippen molar-refractivity contribution in [3.63, 3.8) is 0 Å². The summed E-state index contributed by atoms with van der Waals surface area (Å²) in [5, 5.41) is 7.22. The highest BCUT2D eigenvalue weighted by molar-refractivity contribution is 8.77. The molecule has 0 unspecified atom stereocenters. The molecule has 0 saturated heterocycles. The van der Waals surface area contributed by atoms with Gasteiger partial charge in [-0.3, -0.25) is 47.9 Å². The summed E-state index contributed by atoms with van der Waals surface area (Å²) in [6, 6.07) is 22.7. The smallest absolute Gasteiger partial charge is 0.221 e. The fourth-order valence-electron chi connectivity index (χ4n) is 8.64. The van der Waals surface area contributed by atoms with Crippen LogP contribution in [0.4, 0.5) is 0 Å². The summed E-state index contributed by atoms with van der Waals surface area (Å²) in [4.78, 5) is 129. The highest BCUT2D eigenvalue weighted by Crippen LogP contribution is 2.31. The largest absolute Gasteiger partial charge is 0.356 e. The van der Waals surface area contributed by atoms with E-state index in [0.29, 0.717) is 24.9 Å². The molecule has 0 aliphatic rings. The van der Waals surface area contributed by atoms with E-state index in [1.807, 2.05) is 6.92 Å². The molecule has 0 bridgehead atoms. The molecule has 0 fully saturated rings. The maximum Gasteiger partial charge on any atom is 0.221 e. The zero-order valence-corrected chi connectivity index (χ0v) is 68.5. The van der Waals surface area contributed by atoms with Gasteiger partial charge in [-0.15, -0.1) is 22.7 Å². The van der Waals surface area contributed by atoms with E-state index in [0.717, 1.165) is 28.2 Å². The number of aryl methyl sites for hydroxylation is 2. The first kappa shape index (κ1) is 76.8. The van der Waals surface area contributed by atoms with Crippen LogP contribution in [-0.4, -0.2) is 25.0 Å². The summed E-state index contributed by atoms with van der Waals surface area (Å²) in [6.07, 6.45) is 1.22. The SMILES string of the molecule is CCNC(=O)CCc1ccc2c(=O)c3sc4c(=O)c5ccccc5c(=O)c4c3c(=O)c2c1.NCNC(=O)CCc1ccc2c(=O)c3sc4c(=O)c5ccccc5c(=O)c4c3c(=O)c2c1.S=S=S=S=S=S=S=S=S=S=S=S=S.S=S=S=S=S=S=S=S=S=S=S=S=S=S. The minimum absolute atomic E-state index is 0.00776. The minimum atomic E-state index is -0.458. The monoisotopic (exact) mass is 1750 g/mol. The van der Waals surface area contributed by atoms with Crippen molar-refractivity contribution in [2.75, 3.05) is 13.2 Å². The molecule has 2 heterocycles. The Kier molecular flexibility index (Phi) is 34.1. The summed E-state index contributed by atoms with van der Waals surface area (Å²) in [5.41, 5.74) is 3.57. The molecular formula is C49H33N3O10S29. The first-order chi connectivity index (χ1) is 44.2. The van der Waals surface area contributed by atoms with Crippen LogP contribution in [0.2, 0.25) is 0 Å². The van der Waals surface area contributed by atoms with Gasteiger partial charge in [0.15, 0.2) is 21.7 Å². The topological polar surface area (TPSA) is 221 Å². The van der Waals surface area contributed by atoms with Crippen LogP contribution in [0.25, 0.3) is 83.4 Å². The van der Waals surface area contributed by atoms with Gasteiger partial charge in [0.25, 0.3) is 0 Å². The predicted molar refractivity (Wildman–Crippen MR) is 455 cm³/mol. The van der Waals surface area contributed by atoms with Crippen molar-refractivity contribution in [2.24, 2.45) is 5.73 Å². The maximum atomic E-state index is 13.5. The van der Waals surface area contributed by atoms with Crippen LogP contribution in [0, 0.1) is 0 Å². The zero-order chi connectivity index (χ0) is 65.4. The lowest BCUT2D eigenvalue weighted by atomic mass is 9.99. The minimum Gasteiger partial charge on any atom is -0.356 e. The van der Waals surface area contributed by atoms with Gasteiger partial charge < -0.3 is 16.4 Å². The zero-order valence-electron chi connectivity index (χ0n) is 44.8. The van der Waals surface area contributed by atoms with Gasteiger partial charge in [-0.25, -0.2) is 0 Å². The van der Waals surface area contributed by atoms with Gasteiger partial charge >= 0.3 is 0 Å². The predicted octanol–water partition coefficient (Wildman–Crippen LogP) is 4.32. The molecule has 0 aliphatic heterocycles. The average molecular weight is 1750 g/mol. The number of hydrogen-bond donors (Lipinski definition) is 3. The van der Waals surface area contributed by atoms with Gasteiger partial charge in [0.1, 0.15) is 0 Å². The highest BCUT2D eigenvalue weighted by atomic mass is 33.5. The third-order valence-electron chi connectivity index (χ3n) is 12.1. The van der Waals surface area contributed by atoms with E-state index in [9.17, 15) is 47.9 Å². The maximum absolute atomic E-state index is 13.5. The molecule has 10 rings (SSSR count). The van der Waals surface area contributed by atoms with Gasteiger partial charge in [-0.05, 0) is 55.2 Å². The third kappa shape index (κ3) is 20.5. The number of hydrogen-bond acceptors (Lipinski definition) is 17. The lowest BCUT2D eigenvalue weighted by Crippen LogP contribution is -2.29. The standard InChI is InChI=1S/C25H17NO5S.C24H16N2O5S.S14.S13/c1-2-26-17(27)10-8-12-7-9-15-16(11-12)21(29)19-18-20(28)13-5-3-4-6-14(13)22(30)24(18)32-25(19)23(15)31;25-10-26-16(27)8-6-11-5-7-14-15(9-11)20(29)18-17-19(28)12-3-1-2-4-13(12)21(30)23(17)32-24(18)22(14)31;1-3-5-7-9-11-13-14-12-10-8-6-4-2;1-3-5-7-9-11-13-12-10-8-6-4-2/h3-7,9,11H,2,8,10H2,1H3,(H,26,27);1-5,7,9H,6,8,10,25H2,(H,26,27);;. The van der Waals surface area contributed by atoms with Crippen LogP contribution < -0.4 is 59.8 Å². The summed E-state index contributed by atoms with van der Waals surface area (Å²) in [5.74, 6) is -0.311. The molecule has 2 amide bonds. The number of fused-ring (bicyclic) bond motifs is 10. The van der Waals surface area contributed by atoms with Crippen LogP contribution in [0.15, 0.2) is 123 Å². The van der Waals surface area contributed by atoms with Crippen molar-refractivity contribution in [1.29, 1.82) is 0 Å². The summed E-state index contributed by atoms with van der Waals surface area (Å²) in [6.45, 7) is 2.42. The van der Waals surface area contributed by atoms with Gasteiger partial charge in [-0.2, -0.15) is 0 Å². The van der Waals surface area contributed by atoms with Crippen LogP contribution in [-0.2, 0) is 271 Å². The van der Waals surface area contributed by atoms with Crippen LogP contribution in [0.3, 0.4) is 0 Å². The Labute approximate surface area is 606 Å². The lowest BCUT2D eigenvalue weighted by Gasteiger charge is -2.04. The van der Waals surface area contributed by atoms with Crippen LogP contribution >= 0.6 is 22.7 Å². The van der Waals surface area contributed by atoms with Crippen molar-refractivity contribution in [1.82, 2.24) is 10.6 Å². The Morgan fingerprint density at radius 2 is 0.615 bits per heavy atom. The molecule has 42 heteroatoms. The molecular weight excluding hydrogens is 1720 g/mol. The fraction of sp³-hybridized carbons (Fsp3) is 0.143. The Morgan fingerprint density at radius 3 is 0.890 bits per heavy atom. The highest BCUT2D eigenvalue weighted by Gasteiger charge is 2.24. The number of nitrogens with one attached hydrogen (secondary N) is 2. The van der Waals surface area contributed by atoms with E-state index in [4.69, 9.17) is 50.5 Å². The Morgan fingerprint density at radius 1 is 0.363 bits per heavy atom. The first-order valence-electron chi connectivity index (χ1n) is 24.4. The fourth-order valence-corrected chi connectivity index (χ4v) is 63.2. The molecule has 91 heavy (non-hydrogen) atoms. The lowest BCUT2D eigenvalue weighted by molar-refractivity contribution is -0.121. The molecule has 0 radical (unpaired) electrons. The molecule has 13 nitrogen and oxygen atoms in total. The van der Waals surface area contributed by atoms with Crippen molar-refractivity contribution < 1.29 is 9.59 Å². The molecule has 8 aromatic carbocycles. The number of nitrogens with two attached hydrogens (primary N) is 1. The van der Waals surface area contributed by atoms with Crippen LogP contribution in [0.1, 0.15) is 30.9 Å². The van der Waals surface area contributed by atoms with Crippen molar-refractivity contribution in [2.45, 2.75) is 32.6 Å². The number of amides is 2. The Hall–Kier alpha value is -1.52. The normalized spacial score (nSPS) is 10.3. The molecule has 478 valence electrons. The Bertz CT molecular complexity index is 5920. The van der Waals surface area contributed by atoms with Gasteiger partial charge in [0.2, 0.25) is 33.5 Å². The second-order valence-electron chi connectivity index (χ2n) is 16.8.